The lowest BCUT2D eigenvalue weighted by Crippen LogP contribution is -2.46. The topological polar surface area (TPSA) is 53.9 Å². The fourth-order valence-corrected chi connectivity index (χ4v) is 4.64. The van der Waals surface area contributed by atoms with E-state index in [0.29, 0.717) is 17.8 Å². The number of nitrogens with one attached hydrogen (secondary N) is 1. The molecule has 26 heavy (non-hydrogen) atoms. The lowest BCUT2D eigenvalue weighted by atomic mass is 9.90. The van der Waals surface area contributed by atoms with Crippen LogP contribution < -0.4 is 5.32 Å². The van der Waals surface area contributed by atoms with E-state index in [-0.39, 0.29) is 0 Å². The Bertz CT molecular complexity index is 609. The zero-order chi connectivity index (χ0) is 18.5. The molecule has 5 nitrogen and oxygen atoms in total. The number of ether oxygens (including phenoxy) is 1. The Morgan fingerprint density at radius 1 is 1.19 bits per heavy atom. The summed E-state index contributed by atoms with van der Waals surface area (Å²) in [4.78, 5) is 13.8. The largest absolute Gasteiger partial charge is 0.380 e. The Hall–Kier alpha value is -0.980. The van der Waals surface area contributed by atoms with Gasteiger partial charge in [0, 0.05) is 36.3 Å². The van der Waals surface area contributed by atoms with Crippen molar-refractivity contribution >= 4 is 27.3 Å². The summed E-state index contributed by atoms with van der Waals surface area (Å²) in [6.45, 7) is 7.20. The minimum atomic E-state index is 0.409. The summed E-state index contributed by atoms with van der Waals surface area (Å²) in [6.07, 6.45) is 7.61. The van der Waals surface area contributed by atoms with Crippen molar-refractivity contribution in [2.45, 2.75) is 70.6 Å². The number of hydrogen-bond donors (Lipinski definition) is 1. The maximum absolute atomic E-state index is 11.1. The average Bonchev–Trinajstić information content (AvgIpc) is 2.66. The van der Waals surface area contributed by atoms with E-state index in [2.05, 4.69) is 38.2 Å². The molecular weight excluding hydrogens is 394 g/mol. The minimum Gasteiger partial charge on any atom is -0.380 e. The lowest BCUT2D eigenvalue weighted by molar-refractivity contribution is 0.00994. The molecule has 0 aromatic heterocycles. The average molecular weight is 424 g/mol. The van der Waals surface area contributed by atoms with Crippen LogP contribution in [0.5, 0.6) is 0 Å². The Kier molecular flexibility index (Phi) is 7.06. The zero-order valence-electron chi connectivity index (χ0n) is 15.8. The molecule has 0 atom stereocenters. The van der Waals surface area contributed by atoms with E-state index in [0.717, 1.165) is 54.3 Å². The summed E-state index contributed by atoms with van der Waals surface area (Å²) in [6, 6.07) is 4.95. The van der Waals surface area contributed by atoms with Crippen LogP contribution in [0.3, 0.4) is 0 Å². The van der Waals surface area contributed by atoms with Crippen LogP contribution in [-0.2, 0) is 4.74 Å². The molecule has 2 aliphatic rings. The number of piperidine rings is 1. The molecule has 2 fully saturated rings. The second kappa shape index (κ2) is 9.29. The monoisotopic (exact) mass is 423 g/mol. The van der Waals surface area contributed by atoms with Gasteiger partial charge < -0.3 is 15.0 Å². The first kappa shape index (κ1) is 19.8. The number of likely N-dealkylation sites (tertiary alicyclic amines) is 1. The first-order valence-corrected chi connectivity index (χ1v) is 10.7. The molecule has 0 bridgehead atoms. The number of aryl methyl sites for hydroxylation is 1. The first-order valence-electron chi connectivity index (χ1n) is 9.86. The highest BCUT2D eigenvalue weighted by Gasteiger charge is 2.29. The van der Waals surface area contributed by atoms with Gasteiger partial charge >= 0.3 is 0 Å². The van der Waals surface area contributed by atoms with Crippen LogP contribution >= 0.6 is 15.9 Å². The Morgan fingerprint density at radius 2 is 1.88 bits per heavy atom. The second-order valence-electron chi connectivity index (χ2n) is 7.55. The molecule has 1 saturated heterocycles. The van der Waals surface area contributed by atoms with Crippen LogP contribution in [-0.4, -0.2) is 42.8 Å². The molecule has 0 radical (unpaired) electrons. The van der Waals surface area contributed by atoms with Gasteiger partial charge in [-0.15, -0.1) is 4.91 Å². The van der Waals surface area contributed by atoms with Crippen molar-refractivity contribution < 1.29 is 4.74 Å². The van der Waals surface area contributed by atoms with Gasteiger partial charge in [-0.05, 0) is 75.2 Å². The van der Waals surface area contributed by atoms with Crippen molar-refractivity contribution in [3.05, 3.63) is 27.1 Å². The fourth-order valence-electron chi connectivity index (χ4n) is 4.30. The molecule has 1 aromatic carbocycles. The van der Waals surface area contributed by atoms with Gasteiger partial charge in [-0.25, -0.2) is 0 Å². The lowest BCUT2D eigenvalue weighted by Gasteiger charge is -2.41. The van der Waals surface area contributed by atoms with E-state index < -0.39 is 0 Å². The molecule has 0 amide bonds. The van der Waals surface area contributed by atoms with E-state index in [1.807, 2.05) is 13.0 Å². The number of hydrogen-bond acceptors (Lipinski definition) is 5. The third-order valence-corrected chi connectivity index (χ3v) is 6.68. The molecule has 1 saturated carbocycles. The number of benzene rings is 1. The van der Waals surface area contributed by atoms with E-state index in [1.54, 1.807) is 6.07 Å². The number of halogens is 1. The third kappa shape index (κ3) is 4.84. The van der Waals surface area contributed by atoms with Gasteiger partial charge in [0.15, 0.2) is 0 Å². The Morgan fingerprint density at radius 3 is 2.50 bits per heavy atom. The fraction of sp³-hybridized carbons (Fsp3) is 0.700. The van der Waals surface area contributed by atoms with Crippen molar-refractivity contribution in [2.24, 2.45) is 5.18 Å². The summed E-state index contributed by atoms with van der Waals surface area (Å²) < 4.78 is 6.70. The summed E-state index contributed by atoms with van der Waals surface area (Å²) in [5, 5.41) is 6.74. The minimum absolute atomic E-state index is 0.409. The van der Waals surface area contributed by atoms with Gasteiger partial charge in [-0.2, -0.15) is 0 Å². The Labute approximate surface area is 165 Å². The normalized spacial score (nSPS) is 25.2. The first-order chi connectivity index (χ1) is 12.6. The molecular formula is C20H30BrN3O2. The zero-order valence-corrected chi connectivity index (χ0v) is 17.4. The van der Waals surface area contributed by atoms with Crippen molar-refractivity contribution in [2.75, 3.05) is 25.0 Å². The van der Waals surface area contributed by atoms with Crippen LogP contribution in [0.15, 0.2) is 21.8 Å². The molecule has 1 heterocycles. The summed E-state index contributed by atoms with van der Waals surface area (Å²) in [5.41, 5.74) is 2.46. The number of rotatable bonds is 6. The van der Waals surface area contributed by atoms with Crippen LogP contribution in [0.4, 0.5) is 11.4 Å². The maximum Gasteiger partial charge on any atom is 0.132 e. The molecule has 0 spiro atoms. The van der Waals surface area contributed by atoms with E-state index >= 15 is 0 Å². The third-order valence-electron chi connectivity index (χ3n) is 5.83. The van der Waals surface area contributed by atoms with Gasteiger partial charge in [0.25, 0.3) is 0 Å². The molecule has 1 aliphatic carbocycles. The SMILES string of the molecule is CCO[C@H]1CC[C@H](N2CCC(Nc3cc(C)c(Br)cc3N=O)CC2)CC1. The molecule has 144 valence electrons. The molecule has 1 N–H and O–H groups in total. The molecule has 0 unspecified atom stereocenters. The number of nitrogens with zero attached hydrogens (tertiary/aromatic N) is 2. The highest BCUT2D eigenvalue weighted by atomic mass is 79.9. The molecule has 6 heteroatoms. The predicted octanol–water partition coefficient (Wildman–Crippen LogP) is 5.38. The maximum atomic E-state index is 11.1. The Balaban J connectivity index is 1.50. The highest BCUT2D eigenvalue weighted by Crippen LogP contribution is 2.33. The van der Waals surface area contributed by atoms with Crippen molar-refractivity contribution in [1.29, 1.82) is 0 Å². The van der Waals surface area contributed by atoms with Crippen LogP contribution in [0.1, 0.15) is 51.0 Å². The van der Waals surface area contributed by atoms with Crippen molar-refractivity contribution in [1.82, 2.24) is 4.90 Å². The van der Waals surface area contributed by atoms with E-state index in [1.165, 1.54) is 25.7 Å². The highest BCUT2D eigenvalue weighted by molar-refractivity contribution is 9.10. The van der Waals surface area contributed by atoms with Gasteiger partial charge in [0.1, 0.15) is 5.69 Å². The van der Waals surface area contributed by atoms with Crippen molar-refractivity contribution in [3.8, 4) is 0 Å². The molecule has 3 rings (SSSR count). The summed E-state index contributed by atoms with van der Waals surface area (Å²) >= 11 is 3.47. The van der Waals surface area contributed by atoms with Crippen LogP contribution in [0.2, 0.25) is 0 Å². The van der Waals surface area contributed by atoms with Crippen LogP contribution in [0, 0.1) is 11.8 Å². The van der Waals surface area contributed by atoms with Gasteiger partial charge in [-0.1, -0.05) is 15.9 Å². The van der Waals surface area contributed by atoms with E-state index in [9.17, 15) is 4.91 Å². The van der Waals surface area contributed by atoms with E-state index in [4.69, 9.17) is 4.74 Å². The summed E-state index contributed by atoms with van der Waals surface area (Å²) in [5.74, 6) is 0. The van der Waals surface area contributed by atoms with Crippen molar-refractivity contribution in [3.63, 3.8) is 0 Å². The van der Waals surface area contributed by atoms with Gasteiger partial charge in [0.2, 0.25) is 0 Å². The molecule has 1 aliphatic heterocycles. The summed E-state index contributed by atoms with van der Waals surface area (Å²) in [7, 11) is 0. The molecule has 1 aromatic rings. The predicted molar refractivity (Wildman–Crippen MR) is 110 cm³/mol. The number of anilines is 1. The standard InChI is InChI=1S/C20H30BrN3O2/c1-3-26-17-6-4-16(5-7-17)24-10-8-15(9-11-24)22-19-12-14(2)18(21)13-20(19)23-25/h12-13,15-17,22H,3-11H2,1-2H3/t16-,17-. The van der Waals surface area contributed by atoms with Crippen LogP contribution in [0.25, 0.3) is 0 Å². The van der Waals surface area contributed by atoms with Gasteiger partial charge in [-0.3, -0.25) is 0 Å². The number of nitroso groups, excluding NO2 is 1. The van der Waals surface area contributed by atoms with Gasteiger partial charge in [0.05, 0.1) is 11.8 Å². The second-order valence-corrected chi connectivity index (χ2v) is 8.40. The smallest absolute Gasteiger partial charge is 0.132 e. The quantitative estimate of drug-likeness (QED) is 0.623.